The van der Waals surface area contributed by atoms with E-state index >= 15 is 0 Å². The fraction of sp³-hybridized carbons (Fsp3) is 0.267. The lowest BCUT2D eigenvalue weighted by atomic mass is 10.1. The highest BCUT2D eigenvalue weighted by Crippen LogP contribution is 2.22. The molecule has 2 rings (SSSR count). The fourth-order valence-corrected chi connectivity index (χ4v) is 2.49. The lowest BCUT2D eigenvalue weighted by Crippen LogP contribution is -2.16. The zero-order valence-electron chi connectivity index (χ0n) is 11.2. The second kappa shape index (κ2) is 6.77. The summed E-state index contributed by atoms with van der Waals surface area (Å²) in [4.78, 5) is 0.312. The van der Waals surface area contributed by atoms with Crippen LogP contribution in [-0.4, -0.2) is 11.0 Å². The first-order valence-electron chi connectivity index (χ1n) is 6.44. The molecule has 1 heterocycles. The number of nitrogens with one attached hydrogen (secondary N) is 1. The first-order valence-corrected chi connectivity index (χ1v) is 7.23. The van der Waals surface area contributed by atoms with E-state index in [1.165, 1.54) is 0 Å². The largest absolute Gasteiger partial charge is 0.469 e. The van der Waals surface area contributed by atoms with Crippen LogP contribution in [0.3, 0.4) is 0 Å². The second-order valence-electron chi connectivity index (χ2n) is 4.72. The Kier molecular flexibility index (Phi) is 5.04. The van der Waals surface area contributed by atoms with Crippen LogP contribution in [0.1, 0.15) is 24.7 Å². The summed E-state index contributed by atoms with van der Waals surface area (Å²) in [6, 6.07) is 9.82. The Labute approximate surface area is 129 Å². The van der Waals surface area contributed by atoms with Crippen LogP contribution < -0.4 is 11.1 Å². The van der Waals surface area contributed by atoms with Crippen LogP contribution in [0.4, 0.5) is 5.69 Å². The van der Waals surface area contributed by atoms with Gasteiger partial charge in [0.1, 0.15) is 10.7 Å². The first-order chi connectivity index (χ1) is 9.56. The third-order valence-electron chi connectivity index (χ3n) is 3.05. The number of halogens is 1. The fourth-order valence-electron chi connectivity index (χ4n) is 1.98. The Bertz CT molecular complexity index is 584. The van der Waals surface area contributed by atoms with Crippen LogP contribution >= 0.6 is 23.8 Å². The van der Waals surface area contributed by atoms with E-state index in [-0.39, 0.29) is 0 Å². The molecule has 1 atom stereocenters. The molecular weight excluding hydrogens is 292 g/mol. The van der Waals surface area contributed by atoms with Crippen LogP contribution in [0.5, 0.6) is 0 Å². The molecule has 0 aliphatic rings. The van der Waals surface area contributed by atoms with Crippen molar-refractivity contribution in [2.75, 3.05) is 5.32 Å². The van der Waals surface area contributed by atoms with E-state index < -0.39 is 0 Å². The van der Waals surface area contributed by atoms with Crippen LogP contribution in [-0.2, 0) is 6.42 Å². The lowest BCUT2D eigenvalue weighted by molar-refractivity contribution is 0.495. The Morgan fingerprint density at radius 3 is 2.85 bits per heavy atom. The van der Waals surface area contributed by atoms with Gasteiger partial charge in [-0.25, -0.2) is 0 Å². The Morgan fingerprint density at radius 2 is 2.25 bits per heavy atom. The summed E-state index contributed by atoms with van der Waals surface area (Å²) in [7, 11) is 0. The summed E-state index contributed by atoms with van der Waals surface area (Å²) in [5.41, 5.74) is 7.25. The molecule has 1 aromatic carbocycles. The standard InChI is InChI=1S/C15H17ClN2OS/c1-10(4-6-12-3-2-8-19-12)18-11-5-7-13(15(17)20)14(16)9-11/h2-3,5,7-10,18H,4,6H2,1H3,(H2,17,20). The van der Waals surface area contributed by atoms with Crippen molar-refractivity contribution < 1.29 is 4.42 Å². The number of aryl methyl sites for hydroxylation is 1. The molecule has 106 valence electrons. The number of furan rings is 1. The van der Waals surface area contributed by atoms with E-state index in [1.807, 2.05) is 30.3 Å². The van der Waals surface area contributed by atoms with E-state index in [2.05, 4.69) is 12.2 Å². The molecule has 1 aromatic heterocycles. The number of thiocarbonyl (C=S) groups is 1. The minimum Gasteiger partial charge on any atom is -0.469 e. The minimum absolute atomic E-state index is 0.312. The first kappa shape index (κ1) is 14.9. The average Bonchev–Trinajstić information content (AvgIpc) is 2.89. The number of hydrogen-bond acceptors (Lipinski definition) is 3. The minimum atomic E-state index is 0.312. The maximum Gasteiger partial charge on any atom is 0.105 e. The molecule has 1 unspecified atom stereocenters. The van der Waals surface area contributed by atoms with Crippen molar-refractivity contribution in [1.82, 2.24) is 0 Å². The topological polar surface area (TPSA) is 51.2 Å². The van der Waals surface area contributed by atoms with Gasteiger partial charge in [0.15, 0.2) is 0 Å². The monoisotopic (exact) mass is 308 g/mol. The molecule has 0 radical (unpaired) electrons. The highest BCUT2D eigenvalue weighted by atomic mass is 35.5. The molecule has 0 aliphatic carbocycles. The predicted molar refractivity (Wildman–Crippen MR) is 87.5 cm³/mol. The van der Waals surface area contributed by atoms with Crippen LogP contribution in [0, 0.1) is 0 Å². The molecule has 3 N–H and O–H groups in total. The third kappa shape index (κ3) is 3.99. The second-order valence-corrected chi connectivity index (χ2v) is 5.57. The van der Waals surface area contributed by atoms with Gasteiger partial charge in [-0.15, -0.1) is 0 Å². The smallest absolute Gasteiger partial charge is 0.105 e. The highest BCUT2D eigenvalue weighted by Gasteiger charge is 2.07. The van der Waals surface area contributed by atoms with Crippen LogP contribution in [0.25, 0.3) is 0 Å². The Morgan fingerprint density at radius 1 is 1.45 bits per heavy atom. The summed E-state index contributed by atoms with van der Waals surface area (Å²) in [5, 5.41) is 3.97. The number of anilines is 1. The average molecular weight is 309 g/mol. The van der Waals surface area contributed by atoms with E-state index in [4.69, 9.17) is 34.0 Å². The van der Waals surface area contributed by atoms with Crippen molar-refractivity contribution in [3.63, 3.8) is 0 Å². The van der Waals surface area contributed by atoms with E-state index in [0.717, 1.165) is 24.3 Å². The molecule has 20 heavy (non-hydrogen) atoms. The molecule has 3 nitrogen and oxygen atoms in total. The highest BCUT2D eigenvalue weighted by molar-refractivity contribution is 7.80. The predicted octanol–water partition coefficient (Wildman–Crippen LogP) is 4.00. The maximum atomic E-state index is 6.14. The van der Waals surface area contributed by atoms with Gasteiger partial charge in [0.25, 0.3) is 0 Å². The summed E-state index contributed by atoms with van der Waals surface area (Å²) in [6.45, 7) is 2.12. The van der Waals surface area contributed by atoms with Crippen molar-refractivity contribution in [3.05, 3.63) is 52.9 Å². The van der Waals surface area contributed by atoms with Crippen molar-refractivity contribution in [3.8, 4) is 0 Å². The summed E-state index contributed by atoms with van der Waals surface area (Å²) in [5.74, 6) is 1.00. The van der Waals surface area contributed by atoms with Crippen molar-refractivity contribution >= 4 is 34.5 Å². The molecule has 0 saturated heterocycles. The van der Waals surface area contributed by atoms with Gasteiger partial charge >= 0.3 is 0 Å². The number of nitrogens with two attached hydrogens (primary N) is 1. The molecule has 5 heteroatoms. The van der Waals surface area contributed by atoms with Gasteiger partial charge in [0.05, 0.1) is 11.3 Å². The number of hydrogen-bond donors (Lipinski definition) is 2. The number of rotatable bonds is 6. The van der Waals surface area contributed by atoms with Gasteiger partial charge in [0.2, 0.25) is 0 Å². The van der Waals surface area contributed by atoms with Gasteiger partial charge in [-0.3, -0.25) is 0 Å². The van der Waals surface area contributed by atoms with E-state index in [1.54, 1.807) is 6.26 Å². The van der Waals surface area contributed by atoms with Crippen LogP contribution in [0.2, 0.25) is 5.02 Å². The normalized spacial score (nSPS) is 12.1. The summed E-state index contributed by atoms with van der Waals surface area (Å²) in [6.07, 6.45) is 3.57. The zero-order valence-corrected chi connectivity index (χ0v) is 12.8. The van der Waals surface area contributed by atoms with Crippen LogP contribution in [0.15, 0.2) is 41.0 Å². The lowest BCUT2D eigenvalue weighted by Gasteiger charge is -2.15. The summed E-state index contributed by atoms with van der Waals surface area (Å²) < 4.78 is 5.32. The van der Waals surface area contributed by atoms with Crippen molar-refractivity contribution in [2.45, 2.75) is 25.8 Å². The molecule has 0 spiro atoms. The molecule has 0 amide bonds. The van der Waals surface area contributed by atoms with Gasteiger partial charge < -0.3 is 15.5 Å². The van der Waals surface area contributed by atoms with Gasteiger partial charge in [-0.1, -0.05) is 23.8 Å². The maximum absolute atomic E-state index is 6.14. The quantitative estimate of drug-likeness (QED) is 0.792. The van der Waals surface area contributed by atoms with Crippen molar-refractivity contribution in [2.24, 2.45) is 5.73 Å². The third-order valence-corrected chi connectivity index (χ3v) is 3.58. The van der Waals surface area contributed by atoms with Gasteiger partial charge in [-0.05, 0) is 43.7 Å². The van der Waals surface area contributed by atoms with Gasteiger partial charge in [-0.2, -0.15) is 0 Å². The van der Waals surface area contributed by atoms with E-state index in [0.29, 0.717) is 21.6 Å². The number of benzene rings is 1. The molecule has 0 aliphatic heterocycles. The molecule has 0 saturated carbocycles. The molecular formula is C15H17ClN2OS. The zero-order chi connectivity index (χ0) is 14.5. The molecule has 0 fully saturated rings. The Balaban J connectivity index is 1.92. The molecule has 0 bridgehead atoms. The Hall–Kier alpha value is -1.52. The van der Waals surface area contributed by atoms with E-state index in [9.17, 15) is 0 Å². The van der Waals surface area contributed by atoms with Crippen molar-refractivity contribution in [1.29, 1.82) is 0 Å². The SMILES string of the molecule is CC(CCc1ccco1)Nc1ccc(C(N)=S)c(Cl)c1. The van der Waals surface area contributed by atoms with Gasteiger partial charge in [0, 0.05) is 23.7 Å². The summed E-state index contributed by atoms with van der Waals surface area (Å²) >= 11 is 11.1. The molecule has 2 aromatic rings.